The molecule has 3 rings (SSSR count). The van der Waals surface area contributed by atoms with Gasteiger partial charge in [-0.2, -0.15) is 0 Å². The van der Waals surface area contributed by atoms with Crippen LogP contribution in [0.15, 0.2) is 30.3 Å². The van der Waals surface area contributed by atoms with E-state index in [1.165, 1.54) is 5.56 Å². The average molecular weight is 330 g/mol. The van der Waals surface area contributed by atoms with Gasteiger partial charge in [-0.05, 0) is 31.4 Å². The fourth-order valence-electron chi connectivity index (χ4n) is 3.53. The van der Waals surface area contributed by atoms with Gasteiger partial charge in [0, 0.05) is 26.2 Å². The Kier molecular flexibility index (Phi) is 5.48. The monoisotopic (exact) mass is 330 g/mol. The molecule has 0 aromatic heterocycles. The van der Waals surface area contributed by atoms with E-state index in [1.807, 2.05) is 18.2 Å². The van der Waals surface area contributed by atoms with Crippen molar-refractivity contribution in [3.63, 3.8) is 0 Å². The fraction of sp³-hybridized carbons (Fsp3) is 0.556. The quantitative estimate of drug-likeness (QED) is 0.737. The summed E-state index contributed by atoms with van der Waals surface area (Å²) in [4.78, 5) is 29.1. The zero-order valence-electron chi connectivity index (χ0n) is 14.0. The van der Waals surface area contributed by atoms with Crippen LogP contribution in [0.2, 0.25) is 0 Å². The van der Waals surface area contributed by atoms with Crippen molar-refractivity contribution in [2.45, 2.75) is 37.9 Å². The Morgan fingerprint density at radius 3 is 2.67 bits per heavy atom. The van der Waals surface area contributed by atoms with E-state index in [9.17, 15) is 9.59 Å². The highest BCUT2D eigenvalue weighted by molar-refractivity contribution is 5.97. The van der Waals surface area contributed by atoms with E-state index in [0.717, 1.165) is 25.9 Å². The molecule has 24 heavy (non-hydrogen) atoms. The van der Waals surface area contributed by atoms with Crippen molar-refractivity contribution < 1.29 is 9.59 Å². The number of hydrogen-bond acceptors (Lipinski definition) is 4. The molecule has 0 radical (unpaired) electrons. The summed E-state index contributed by atoms with van der Waals surface area (Å²) in [7, 11) is 0. The summed E-state index contributed by atoms with van der Waals surface area (Å²) in [5.41, 5.74) is 6.73. The van der Waals surface area contributed by atoms with Gasteiger partial charge in [0.1, 0.15) is 12.1 Å². The molecular formula is C18H26N4O2. The number of benzene rings is 1. The minimum Gasteiger partial charge on any atom is -0.342 e. The normalized spacial score (nSPS) is 24.6. The lowest BCUT2D eigenvalue weighted by molar-refractivity contribution is -0.153. The Morgan fingerprint density at radius 1 is 1.12 bits per heavy atom. The number of nitrogens with one attached hydrogen (secondary N) is 1. The Labute approximate surface area is 143 Å². The number of piperazine rings is 2. The molecular weight excluding hydrogens is 304 g/mol. The van der Waals surface area contributed by atoms with Crippen LogP contribution in [0, 0.1) is 0 Å². The molecule has 2 fully saturated rings. The van der Waals surface area contributed by atoms with Crippen molar-refractivity contribution in [1.82, 2.24) is 15.1 Å². The lowest BCUT2D eigenvalue weighted by Gasteiger charge is -2.45. The predicted molar refractivity (Wildman–Crippen MR) is 92.1 cm³/mol. The summed E-state index contributed by atoms with van der Waals surface area (Å²) >= 11 is 0. The number of rotatable bonds is 6. The molecule has 6 nitrogen and oxygen atoms in total. The molecule has 6 heteroatoms. The van der Waals surface area contributed by atoms with Gasteiger partial charge in [-0.15, -0.1) is 0 Å². The molecule has 2 amide bonds. The number of hydrogen-bond donors (Lipinski definition) is 2. The summed E-state index contributed by atoms with van der Waals surface area (Å²) in [6, 6.07) is 9.49. The van der Waals surface area contributed by atoms with Crippen molar-refractivity contribution in [2.75, 3.05) is 26.2 Å². The van der Waals surface area contributed by atoms with Gasteiger partial charge in [0.05, 0.1) is 0 Å². The van der Waals surface area contributed by atoms with E-state index in [-0.39, 0.29) is 23.9 Å². The summed E-state index contributed by atoms with van der Waals surface area (Å²) < 4.78 is 0. The van der Waals surface area contributed by atoms with E-state index in [4.69, 9.17) is 5.73 Å². The first-order chi connectivity index (χ1) is 11.7. The van der Waals surface area contributed by atoms with Crippen molar-refractivity contribution in [2.24, 2.45) is 5.73 Å². The Morgan fingerprint density at radius 2 is 1.92 bits per heavy atom. The Hall–Kier alpha value is -1.92. The first-order valence-corrected chi connectivity index (χ1v) is 8.76. The summed E-state index contributed by atoms with van der Waals surface area (Å²) in [5.74, 6) is 0.0427. The molecule has 2 aliphatic rings. The molecule has 2 aliphatic heterocycles. The van der Waals surface area contributed by atoms with E-state index in [1.54, 1.807) is 4.90 Å². The van der Waals surface area contributed by atoms with Gasteiger partial charge in [-0.3, -0.25) is 14.5 Å². The van der Waals surface area contributed by atoms with Crippen LogP contribution in [0.5, 0.6) is 0 Å². The third kappa shape index (κ3) is 3.76. The van der Waals surface area contributed by atoms with Crippen LogP contribution in [-0.2, 0) is 16.1 Å². The Bertz CT molecular complexity index is 578. The zero-order valence-corrected chi connectivity index (χ0v) is 14.0. The van der Waals surface area contributed by atoms with Crippen LogP contribution in [-0.4, -0.2) is 59.9 Å². The molecule has 130 valence electrons. The SMILES string of the molecule is NCCCC[C@@H]1NC(=O)[C@H]2CN(Cc3ccccc3)CCN2C1=O. The van der Waals surface area contributed by atoms with Crippen molar-refractivity contribution in [1.29, 1.82) is 0 Å². The van der Waals surface area contributed by atoms with Gasteiger partial charge < -0.3 is 16.0 Å². The second-order valence-corrected chi connectivity index (χ2v) is 6.61. The van der Waals surface area contributed by atoms with Crippen LogP contribution in [0.1, 0.15) is 24.8 Å². The van der Waals surface area contributed by atoms with Gasteiger partial charge in [0.2, 0.25) is 11.8 Å². The maximum atomic E-state index is 12.6. The highest BCUT2D eigenvalue weighted by atomic mass is 16.2. The lowest BCUT2D eigenvalue weighted by Crippen LogP contribution is -2.69. The largest absolute Gasteiger partial charge is 0.342 e. The molecule has 2 heterocycles. The van der Waals surface area contributed by atoms with Gasteiger partial charge in [-0.1, -0.05) is 30.3 Å². The van der Waals surface area contributed by atoms with Crippen LogP contribution in [0.4, 0.5) is 0 Å². The molecule has 1 aromatic rings. The van der Waals surface area contributed by atoms with Crippen LogP contribution in [0.3, 0.4) is 0 Å². The number of nitrogens with zero attached hydrogens (tertiary/aromatic N) is 2. The molecule has 0 saturated carbocycles. The van der Waals surface area contributed by atoms with Gasteiger partial charge in [-0.25, -0.2) is 0 Å². The highest BCUT2D eigenvalue weighted by Gasteiger charge is 2.42. The molecule has 2 atom stereocenters. The number of amides is 2. The van der Waals surface area contributed by atoms with Crippen LogP contribution < -0.4 is 11.1 Å². The number of carbonyl (C=O) groups is 2. The topological polar surface area (TPSA) is 78.7 Å². The molecule has 0 unspecified atom stereocenters. The van der Waals surface area contributed by atoms with Gasteiger partial charge in [0.15, 0.2) is 0 Å². The lowest BCUT2D eigenvalue weighted by atomic mass is 10.00. The second kappa shape index (κ2) is 7.77. The smallest absolute Gasteiger partial charge is 0.245 e. The summed E-state index contributed by atoms with van der Waals surface area (Å²) in [6.07, 6.45) is 2.43. The van der Waals surface area contributed by atoms with Crippen molar-refractivity contribution in [3.8, 4) is 0 Å². The predicted octanol–water partition coefficient (Wildman–Crippen LogP) is 0.327. The first kappa shape index (κ1) is 16.9. The zero-order chi connectivity index (χ0) is 16.9. The number of unbranched alkanes of at least 4 members (excludes halogenated alkanes) is 1. The summed E-state index contributed by atoms with van der Waals surface area (Å²) in [5, 5.41) is 2.91. The van der Waals surface area contributed by atoms with E-state index in [0.29, 0.717) is 26.1 Å². The molecule has 1 aromatic carbocycles. The maximum Gasteiger partial charge on any atom is 0.245 e. The maximum absolute atomic E-state index is 12.6. The third-order valence-electron chi connectivity index (χ3n) is 4.86. The minimum atomic E-state index is -0.374. The van der Waals surface area contributed by atoms with Gasteiger partial charge in [0.25, 0.3) is 0 Å². The fourth-order valence-corrected chi connectivity index (χ4v) is 3.53. The molecule has 0 aliphatic carbocycles. The second-order valence-electron chi connectivity index (χ2n) is 6.61. The Balaban J connectivity index is 1.59. The van der Waals surface area contributed by atoms with E-state index >= 15 is 0 Å². The number of fused-ring (bicyclic) bond motifs is 1. The number of nitrogens with two attached hydrogens (primary N) is 1. The molecule has 2 saturated heterocycles. The first-order valence-electron chi connectivity index (χ1n) is 8.76. The van der Waals surface area contributed by atoms with Crippen LogP contribution >= 0.6 is 0 Å². The van der Waals surface area contributed by atoms with Crippen molar-refractivity contribution >= 4 is 11.8 Å². The highest BCUT2D eigenvalue weighted by Crippen LogP contribution is 2.19. The third-order valence-corrected chi connectivity index (χ3v) is 4.86. The standard InChI is InChI=1S/C18H26N4O2/c19-9-5-4-8-15-18(24)22-11-10-21(13-16(22)17(23)20-15)12-14-6-2-1-3-7-14/h1-3,6-7,15-16H,4-5,8-13,19H2,(H,20,23)/t15-,16+/m0/s1. The van der Waals surface area contributed by atoms with Crippen LogP contribution in [0.25, 0.3) is 0 Å². The minimum absolute atomic E-state index is 0.0230. The molecule has 0 bridgehead atoms. The van der Waals surface area contributed by atoms with Gasteiger partial charge >= 0.3 is 0 Å². The average Bonchev–Trinajstić information content (AvgIpc) is 2.60. The van der Waals surface area contributed by atoms with E-state index < -0.39 is 0 Å². The molecule has 3 N–H and O–H groups in total. The van der Waals surface area contributed by atoms with E-state index in [2.05, 4.69) is 22.3 Å². The van der Waals surface area contributed by atoms with Crippen molar-refractivity contribution in [3.05, 3.63) is 35.9 Å². The number of carbonyl (C=O) groups excluding carboxylic acids is 2. The molecule has 0 spiro atoms. The summed E-state index contributed by atoms with van der Waals surface area (Å²) in [6.45, 7) is 3.46.